The van der Waals surface area contributed by atoms with Crippen molar-refractivity contribution in [3.8, 4) is 0 Å². The van der Waals surface area contributed by atoms with E-state index in [4.69, 9.17) is 0 Å². The highest BCUT2D eigenvalue weighted by Crippen LogP contribution is 2.37. The fraction of sp³-hybridized carbons (Fsp3) is 0.471. The van der Waals surface area contributed by atoms with E-state index in [9.17, 15) is 22.7 Å². The molecule has 1 saturated heterocycles. The molecule has 0 amide bonds. The predicted octanol–water partition coefficient (Wildman–Crippen LogP) is 4.44. The van der Waals surface area contributed by atoms with Crippen LogP contribution in [-0.4, -0.2) is 29.3 Å². The smallest absolute Gasteiger partial charge is 0.393 e. The van der Waals surface area contributed by atoms with E-state index in [1.807, 2.05) is 0 Å². The van der Waals surface area contributed by atoms with Gasteiger partial charge in [-0.05, 0) is 38.0 Å². The van der Waals surface area contributed by atoms with Gasteiger partial charge in [0.05, 0.1) is 18.3 Å². The topological polar surface area (TPSA) is 48.4 Å². The third kappa shape index (κ3) is 4.27. The Labute approximate surface area is 152 Å². The highest BCUT2D eigenvalue weighted by molar-refractivity contribution is 7.15. The Hall–Kier alpha value is -1.87. The normalized spacial score (nSPS) is 17.4. The number of rotatable bonds is 4. The van der Waals surface area contributed by atoms with Crippen molar-refractivity contribution in [1.29, 1.82) is 0 Å². The minimum Gasteiger partial charge on any atom is -0.393 e. The van der Waals surface area contributed by atoms with Crippen LogP contribution in [0.4, 0.5) is 28.4 Å². The van der Waals surface area contributed by atoms with E-state index in [1.54, 1.807) is 13.0 Å². The van der Waals surface area contributed by atoms with Crippen molar-refractivity contribution in [3.05, 3.63) is 40.7 Å². The first-order chi connectivity index (χ1) is 12.2. The molecule has 1 aliphatic rings. The van der Waals surface area contributed by atoms with Crippen molar-refractivity contribution < 1.29 is 22.7 Å². The van der Waals surface area contributed by atoms with Crippen molar-refractivity contribution in [1.82, 2.24) is 4.98 Å². The van der Waals surface area contributed by atoms with Gasteiger partial charge in [0.2, 0.25) is 0 Å². The first kappa shape index (κ1) is 18.9. The number of halogens is 4. The van der Waals surface area contributed by atoms with Gasteiger partial charge in [0.1, 0.15) is 10.7 Å². The summed E-state index contributed by atoms with van der Waals surface area (Å²) in [6, 6.07) is 3.99. The van der Waals surface area contributed by atoms with Crippen LogP contribution in [0.1, 0.15) is 36.2 Å². The molecule has 26 heavy (non-hydrogen) atoms. The zero-order valence-corrected chi connectivity index (χ0v) is 14.9. The molecule has 142 valence electrons. The summed E-state index contributed by atoms with van der Waals surface area (Å²) in [5, 5.41) is 12.7. The maximum atomic E-state index is 13.8. The second kappa shape index (κ2) is 7.40. The fourth-order valence-corrected chi connectivity index (χ4v) is 3.77. The molecule has 3 rings (SSSR count). The zero-order chi connectivity index (χ0) is 18.9. The Kier molecular flexibility index (Phi) is 5.38. The number of hydrogen-bond donors (Lipinski definition) is 2. The maximum absolute atomic E-state index is 13.8. The molecule has 0 radical (unpaired) electrons. The zero-order valence-electron chi connectivity index (χ0n) is 14.1. The van der Waals surface area contributed by atoms with Gasteiger partial charge in [-0.2, -0.15) is 13.2 Å². The van der Waals surface area contributed by atoms with Crippen LogP contribution >= 0.6 is 11.3 Å². The Morgan fingerprint density at radius 3 is 2.62 bits per heavy atom. The van der Waals surface area contributed by atoms with E-state index in [-0.39, 0.29) is 11.2 Å². The molecule has 4 nitrogen and oxygen atoms in total. The lowest BCUT2D eigenvalue weighted by atomic mass is 10.0. The quantitative estimate of drug-likeness (QED) is 0.760. The fourth-order valence-electron chi connectivity index (χ4n) is 3.00. The molecule has 1 fully saturated rings. The summed E-state index contributed by atoms with van der Waals surface area (Å²) in [6.07, 6.45) is -2.72. The van der Waals surface area contributed by atoms with E-state index in [0.717, 1.165) is 11.9 Å². The number of thiazole rings is 1. The number of hydrogen-bond acceptors (Lipinski definition) is 5. The summed E-state index contributed by atoms with van der Waals surface area (Å²) in [5.41, 5.74) is 1.45. The lowest BCUT2D eigenvalue weighted by Gasteiger charge is -2.34. The maximum Gasteiger partial charge on any atom is 0.427 e. The molecule has 0 bridgehead atoms. The molecule has 1 aliphatic heterocycles. The van der Waals surface area contributed by atoms with Gasteiger partial charge in [-0.3, -0.25) is 0 Å². The average Bonchev–Trinajstić information content (AvgIpc) is 3.04. The molecule has 2 aromatic rings. The number of anilines is 2. The van der Waals surface area contributed by atoms with Crippen LogP contribution in [-0.2, 0) is 6.18 Å². The van der Waals surface area contributed by atoms with Crippen molar-refractivity contribution in [2.45, 2.75) is 38.1 Å². The Balaban J connectivity index is 1.81. The van der Waals surface area contributed by atoms with Gasteiger partial charge < -0.3 is 15.3 Å². The van der Waals surface area contributed by atoms with Gasteiger partial charge in [0.25, 0.3) is 0 Å². The first-order valence-corrected chi connectivity index (χ1v) is 9.07. The summed E-state index contributed by atoms with van der Waals surface area (Å²) in [6.45, 7) is 3.04. The number of benzene rings is 1. The Bertz CT molecular complexity index is 757. The van der Waals surface area contributed by atoms with Crippen molar-refractivity contribution in [2.24, 2.45) is 0 Å². The van der Waals surface area contributed by atoms with Crippen molar-refractivity contribution in [3.63, 3.8) is 0 Å². The van der Waals surface area contributed by atoms with Gasteiger partial charge in [-0.25, -0.2) is 9.37 Å². The van der Waals surface area contributed by atoms with Gasteiger partial charge >= 0.3 is 6.18 Å². The third-order valence-electron chi connectivity index (χ3n) is 4.39. The summed E-state index contributed by atoms with van der Waals surface area (Å²) in [4.78, 5) is 5.05. The Morgan fingerprint density at radius 1 is 1.31 bits per heavy atom. The van der Waals surface area contributed by atoms with Gasteiger partial charge in [0, 0.05) is 24.3 Å². The minimum atomic E-state index is -4.43. The summed E-state index contributed by atoms with van der Waals surface area (Å²) in [7, 11) is 0. The SMILES string of the molecule is CC(Nc1ncc(C(F)(F)F)s1)c1cc(F)ccc1N1CCC(O)CC1. The minimum absolute atomic E-state index is 0.133. The number of alkyl halides is 3. The molecule has 9 heteroatoms. The molecule has 1 aromatic heterocycles. The van der Waals surface area contributed by atoms with E-state index in [1.165, 1.54) is 12.1 Å². The summed E-state index contributed by atoms with van der Waals surface area (Å²) >= 11 is 0.521. The average molecular weight is 389 g/mol. The number of nitrogens with one attached hydrogen (secondary N) is 1. The molecule has 1 atom stereocenters. The van der Waals surface area contributed by atoms with Crippen LogP contribution in [0, 0.1) is 5.82 Å². The molecule has 1 aromatic carbocycles. The molecule has 0 saturated carbocycles. The molecular weight excluding hydrogens is 370 g/mol. The number of aliphatic hydroxyl groups excluding tert-OH is 1. The molecule has 2 N–H and O–H groups in total. The molecule has 0 spiro atoms. The van der Waals surface area contributed by atoms with Gasteiger partial charge in [-0.1, -0.05) is 11.3 Å². The Morgan fingerprint density at radius 2 is 2.00 bits per heavy atom. The van der Waals surface area contributed by atoms with E-state index < -0.39 is 22.9 Å². The largest absolute Gasteiger partial charge is 0.427 e. The number of aliphatic hydroxyl groups is 1. The molecule has 2 heterocycles. The number of nitrogens with zero attached hydrogens (tertiary/aromatic N) is 2. The number of aromatic nitrogens is 1. The van der Waals surface area contributed by atoms with E-state index in [2.05, 4.69) is 15.2 Å². The van der Waals surface area contributed by atoms with Crippen LogP contribution in [0.3, 0.4) is 0 Å². The second-order valence-corrected chi connectivity index (χ2v) is 7.35. The molecule has 0 aliphatic carbocycles. The first-order valence-electron chi connectivity index (χ1n) is 8.26. The van der Waals surface area contributed by atoms with Gasteiger partial charge in [-0.15, -0.1) is 0 Å². The highest BCUT2D eigenvalue weighted by Gasteiger charge is 2.33. The van der Waals surface area contributed by atoms with Crippen LogP contribution in [0.25, 0.3) is 0 Å². The van der Waals surface area contributed by atoms with Crippen LogP contribution in [0.15, 0.2) is 24.4 Å². The predicted molar refractivity (Wildman–Crippen MR) is 93.0 cm³/mol. The van der Waals surface area contributed by atoms with Crippen molar-refractivity contribution in [2.75, 3.05) is 23.3 Å². The standard InChI is InChI=1S/C17H19F4N3OS/c1-10(23-16-22-9-15(26-16)17(19,20)21)13-8-11(18)2-3-14(13)24-6-4-12(25)5-7-24/h2-3,8-10,12,25H,4-7H2,1H3,(H,22,23). The highest BCUT2D eigenvalue weighted by atomic mass is 32.1. The van der Waals surface area contributed by atoms with Crippen LogP contribution in [0.5, 0.6) is 0 Å². The molecule has 1 unspecified atom stereocenters. The molecular formula is C17H19F4N3OS. The lowest BCUT2D eigenvalue weighted by molar-refractivity contribution is -0.134. The van der Waals surface area contributed by atoms with Crippen molar-refractivity contribution >= 4 is 22.2 Å². The second-order valence-electron chi connectivity index (χ2n) is 6.31. The number of piperidine rings is 1. The van der Waals surface area contributed by atoms with Crippen LogP contribution < -0.4 is 10.2 Å². The van der Waals surface area contributed by atoms with Gasteiger partial charge in [0.15, 0.2) is 5.13 Å². The van der Waals surface area contributed by atoms with Crippen LogP contribution in [0.2, 0.25) is 0 Å². The summed E-state index contributed by atoms with van der Waals surface area (Å²) < 4.78 is 51.9. The monoisotopic (exact) mass is 389 g/mol. The van der Waals surface area contributed by atoms with E-state index in [0.29, 0.717) is 42.8 Å². The lowest BCUT2D eigenvalue weighted by Crippen LogP contribution is -2.36. The summed E-state index contributed by atoms with van der Waals surface area (Å²) in [5.74, 6) is -0.412. The van der Waals surface area contributed by atoms with E-state index >= 15 is 0 Å². The third-order valence-corrected chi connectivity index (χ3v) is 5.36.